The highest BCUT2D eigenvalue weighted by atomic mass is 28.3. The van der Waals surface area contributed by atoms with Gasteiger partial charge in [0.2, 0.25) is 0 Å². The van der Waals surface area contributed by atoms with Gasteiger partial charge in [-0.1, -0.05) is 0 Å². The van der Waals surface area contributed by atoms with E-state index in [1.807, 2.05) is 0 Å². The Hall–Kier alpha value is -0.473. The summed E-state index contributed by atoms with van der Waals surface area (Å²) in [5.41, 5.74) is 8.24. The molecule has 0 aromatic heterocycles. The first kappa shape index (κ1) is 5.66. The molecule has 0 unspecified atom stereocenters. The normalized spacial score (nSPS) is 19.2. The first-order valence-electron chi connectivity index (χ1n) is 2.77. The van der Waals surface area contributed by atoms with E-state index in [-0.39, 0.29) is 0 Å². The lowest BCUT2D eigenvalue weighted by Gasteiger charge is -2.03. The second kappa shape index (κ2) is 2.74. The van der Waals surface area contributed by atoms with Crippen LogP contribution in [0.15, 0.2) is 0 Å². The molecule has 8 heavy (non-hydrogen) atoms. The van der Waals surface area contributed by atoms with Gasteiger partial charge in [-0.3, -0.25) is 0 Å². The van der Waals surface area contributed by atoms with Crippen molar-refractivity contribution in [3.8, 4) is 0 Å². The Bertz CT molecular complexity index is 122. The van der Waals surface area contributed by atoms with Gasteiger partial charge in [0.1, 0.15) is 0 Å². The summed E-state index contributed by atoms with van der Waals surface area (Å²) < 4.78 is 8.24. The second-order valence-electron chi connectivity index (χ2n) is 1.80. The molecule has 0 saturated carbocycles. The lowest BCUT2D eigenvalue weighted by Crippen LogP contribution is -2.15. The van der Waals surface area contributed by atoms with E-state index in [9.17, 15) is 0 Å². The van der Waals surface area contributed by atoms with E-state index in [0.717, 1.165) is 19.1 Å². The van der Waals surface area contributed by atoms with Gasteiger partial charge in [0, 0.05) is 0 Å². The fourth-order valence-electron chi connectivity index (χ4n) is 0.719. The Labute approximate surface area is 49.6 Å². The first-order valence-corrected chi connectivity index (χ1v) is 4.33. The first-order chi connectivity index (χ1) is 3.93. The highest BCUT2D eigenvalue weighted by Gasteiger charge is 2.20. The second-order valence-corrected chi connectivity index (χ2v) is 3.58. The average Bonchev–Trinajstić information content (AvgIpc) is 1.90. The van der Waals surface area contributed by atoms with Crippen LogP contribution in [0.4, 0.5) is 0 Å². The molecule has 0 aromatic carbocycles. The Morgan fingerprint density at radius 1 is 1.50 bits per heavy atom. The minimum atomic E-state index is -1.11. The number of hydrogen-bond donors (Lipinski definition) is 0. The highest BCUT2D eigenvalue weighted by Crippen LogP contribution is 2.04. The molecule has 1 saturated heterocycles. The van der Waals surface area contributed by atoms with Crippen LogP contribution in [0.2, 0.25) is 6.04 Å². The van der Waals surface area contributed by atoms with Gasteiger partial charge in [-0.05, 0) is 12.8 Å². The van der Waals surface area contributed by atoms with Crippen molar-refractivity contribution >= 4 is 8.83 Å². The maximum Gasteiger partial charge on any atom is 0.715 e. The largest absolute Gasteiger partial charge is 0.715 e. The quantitative estimate of drug-likeness (QED) is 0.268. The van der Waals surface area contributed by atoms with Crippen molar-refractivity contribution in [2.24, 2.45) is 0 Å². The zero-order chi connectivity index (χ0) is 5.82. The van der Waals surface area contributed by atoms with Crippen LogP contribution in [-0.4, -0.2) is 15.4 Å². The van der Waals surface area contributed by atoms with Crippen LogP contribution in [0.1, 0.15) is 12.8 Å². The summed E-state index contributed by atoms with van der Waals surface area (Å²) in [4.78, 5) is 0. The Balaban J connectivity index is 2.45. The molecular formula is C4H8N2OSi. The van der Waals surface area contributed by atoms with Crippen molar-refractivity contribution in [1.29, 1.82) is 0 Å². The summed E-state index contributed by atoms with van der Waals surface area (Å²) in [6.45, 7) is 0.790. The maximum absolute atomic E-state index is 8.24. The Morgan fingerprint density at radius 2 is 2.38 bits per heavy atom. The molecule has 0 aromatic rings. The van der Waals surface area contributed by atoms with Crippen LogP contribution in [0.5, 0.6) is 0 Å². The molecule has 0 aliphatic carbocycles. The minimum absolute atomic E-state index is 0.790. The Morgan fingerprint density at radius 3 is 2.75 bits per heavy atom. The number of nitrogens with zero attached hydrogens (tertiary/aromatic N) is 2. The molecule has 1 fully saturated rings. The smallest absolute Gasteiger partial charge is 0.496 e. The van der Waals surface area contributed by atoms with Crippen molar-refractivity contribution in [3.63, 3.8) is 0 Å². The number of rotatable bonds is 0. The predicted octanol–water partition coefficient (Wildman–Crippen LogP) is 0.642. The molecule has 0 N–H and O–H groups in total. The summed E-state index contributed by atoms with van der Waals surface area (Å²) in [5.74, 6) is 0. The van der Waals surface area contributed by atoms with Gasteiger partial charge >= 0.3 is 8.83 Å². The summed E-state index contributed by atoms with van der Waals surface area (Å²) in [5, 5.41) is 0. The number of hydrogen-bond acceptors (Lipinski definition) is 1. The summed E-state index contributed by atoms with van der Waals surface area (Å²) in [7, 11) is -1.11. The molecule has 1 aliphatic rings. The van der Waals surface area contributed by atoms with Crippen molar-refractivity contribution in [2.45, 2.75) is 18.9 Å². The van der Waals surface area contributed by atoms with E-state index in [2.05, 4.69) is 4.43 Å². The summed E-state index contributed by atoms with van der Waals surface area (Å²) >= 11 is 0. The van der Waals surface area contributed by atoms with Gasteiger partial charge in [0.25, 0.3) is 0 Å². The zero-order valence-electron chi connectivity index (χ0n) is 4.63. The average molecular weight is 128 g/mol. The fraction of sp³-hybridized carbons (Fsp3) is 1.00. The van der Waals surface area contributed by atoms with E-state index < -0.39 is 8.83 Å². The molecular weight excluding hydrogens is 120 g/mol. The third-order valence-electron chi connectivity index (χ3n) is 1.17. The minimum Gasteiger partial charge on any atom is -0.496 e. The predicted molar refractivity (Wildman–Crippen MR) is 31.2 cm³/mol. The molecule has 0 bridgehead atoms. The van der Waals surface area contributed by atoms with Crippen molar-refractivity contribution in [3.05, 3.63) is 5.53 Å². The summed E-state index contributed by atoms with van der Waals surface area (Å²) in [6, 6.07) is 0.973. The van der Waals surface area contributed by atoms with Gasteiger partial charge in [0.05, 0.1) is 12.7 Å². The van der Waals surface area contributed by atoms with E-state index in [0.29, 0.717) is 0 Å². The highest BCUT2D eigenvalue weighted by molar-refractivity contribution is 6.37. The molecule has 3 nitrogen and oxygen atoms in total. The lowest BCUT2D eigenvalue weighted by molar-refractivity contribution is 0.295. The van der Waals surface area contributed by atoms with Gasteiger partial charge < -0.3 is 9.96 Å². The lowest BCUT2D eigenvalue weighted by atomic mass is 10.4. The van der Waals surface area contributed by atoms with E-state index in [4.69, 9.17) is 9.96 Å². The standard InChI is InChI=1S/C4H8N2OSi/c5-6-8-4-2-1-3-7-8/h1-4H2. The molecule has 4 heteroatoms. The SMILES string of the molecule is [N-]=[N+]=[Si]1CCCCO1. The molecule has 1 aliphatic heterocycles. The van der Waals surface area contributed by atoms with E-state index in [1.165, 1.54) is 6.42 Å². The van der Waals surface area contributed by atoms with Gasteiger partial charge in [-0.25, -0.2) is 4.43 Å². The zero-order valence-corrected chi connectivity index (χ0v) is 5.63. The molecule has 0 atom stereocenters. The molecule has 0 spiro atoms. The monoisotopic (exact) mass is 128 g/mol. The van der Waals surface area contributed by atoms with Crippen molar-refractivity contribution < 1.29 is 4.43 Å². The summed E-state index contributed by atoms with van der Waals surface area (Å²) in [6.07, 6.45) is 2.29. The molecule has 1 heterocycles. The van der Waals surface area contributed by atoms with Crippen molar-refractivity contribution in [2.75, 3.05) is 6.61 Å². The molecule has 0 amide bonds. The van der Waals surface area contributed by atoms with E-state index >= 15 is 0 Å². The van der Waals surface area contributed by atoms with Crippen LogP contribution < -0.4 is 4.43 Å². The topological polar surface area (TPSA) is 45.6 Å². The molecule has 1 rings (SSSR count). The van der Waals surface area contributed by atoms with E-state index in [1.54, 1.807) is 0 Å². The maximum atomic E-state index is 8.24. The third kappa shape index (κ3) is 1.25. The van der Waals surface area contributed by atoms with Gasteiger partial charge in [-0.2, -0.15) is 0 Å². The third-order valence-corrected chi connectivity index (χ3v) is 2.71. The van der Waals surface area contributed by atoms with Gasteiger partial charge in [0.15, 0.2) is 0 Å². The van der Waals surface area contributed by atoms with Crippen LogP contribution in [-0.2, 0) is 4.43 Å². The Kier molecular flexibility index (Phi) is 1.94. The molecule has 0 radical (unpaired) electrons. The fourth-order valence-corrected chi connectivity index (χ4v) is 1.95. The molecule has 44 valence electrons. The van der Waals surface area contributed by atoms with Crippen LogP contribution in [0, 0.1) is 0 Å². The van der Waals surface area contributed by atoms with Gasteiger partial charge in [-0.15, -0.1) is 0 Å². The van der Waals surface area contributed by atoms with Crippen molar-refractivity contribution in [1.82, 2.24) is 4.43 Å². The van der Waals surface area contributed by atoms with Crippen LogP contribution >= 0.6 is 0 Å². The van der Waals surface area contributed by atoms with Crippen LogP contribution in [0.3, 0.4) is 0 Å². The van der Waals surface area contributed by atoms with Crippen LogP contribution in [0.25, 0.3) is 5.53 Å².